The number of fused-ring (bicyclic) bond motifs is 3. The molecule has 6 aromatic rings. The van der Waals surface area contributed by atoms with E-state index in [0.29, 0.717) is 11.0 Å². The Labute approximate surface area is 392 Å². The maximum absolute atomic E-state index is 11.7. The van der Waals surface area contributed by atoms with Gasteiger partial charge in [0.05, 0.1) is 54.7 Å². The zero-order chi connectivity index (χ0) is 50.5. The molecule has 3 saturated heterocycles. The van der Waals surface area contributed by atoms with E-state index in [9.17, 15) is 56.0 Å². The highest BCUT2D eigenvalue weighted by Gasteiger charge is 2.55. The highest BCUT2D eigenvalue weighted by Crippen LogP contribution is 2.45. The molecule has 9 rings (SSSR count). The number of nitrogens with two attached hydrogens (primary N) is 1. The number of rotatable bonds is 9. The first-order chi connectivity index (χ1) is 32.7. The summed E-state index contributed by atoms with van der Waals surface area (Å²) < 4.78 is 20.7. The van der Waals surface area contributed by atoms with E-state index in [0.717, 1.165) is 6.33 Å². The predicted octanol–water partition coefficient (Wildman–Crippen LogP) is -1.25. The fourth-order valence-electron chi connectivity index (χ4n) is 8.41. The van der Waals surface area contributed by atoms with Gasteiger partial charge in [-0.25, -0.2) is 39.6 Å². The predicted molar refractivity (Wildman–Crippen MR) is 232 cm³/mol. The molecular weight excluding hydrogens is 940 g/mol. The molecule has 368 valence electrons. The molecular formula is C39H45ClN14O15. The molecule has 69 heavy (non-hydrogen) atoms. The summed E-state index contributed by atoms with van der Waals surface area (Å²) in [6.45, 7) is 17.1. The van der Waals surface area contributed by atoms with Crippen LogP contribution in [-0.2, 0) is 14.2 Å². The Bertz CT molecular complexity index is 2970. The van der Waals surface area contributed by atoms with Crippen LogP contribution in [0.25, 0.3) is 42.8 Å². The van der Waals surface area contributed by atoms with Crippen molar-refractivity contribution in [1.29, 1.82) is 0 Å². The Morgan fingerprint density at radius 3 is 1.36 bits per heavy atom. The molecule has 3 aliphatic rings. The lowest BCUT2D eigenvalue weighted by atomic mass is 9.96. The smallest absolute Gasteiger partial charge is 0.251 e. The summed E-state index contributed by atoms with van der Waals surface area (Å²) in [6.07, 6.45) is -2.49. The van der Waals surface area contributed by atoms with Crippen molar-refractivity contribution < 1.29 is 75.4 Å². The van der Waals surface area contributed by atoms with Crippen LogP contribution in [0.15, 0.2) is 37.6 Å². The Morgan fingerprint density at radius 1 is 0.652 bits per heavy atom. The highest BCUT2D eigenvalue weighted by atomic mass is 35.5. The topological polar surface area (TPSA) is 418 Å². The van der Waals surface area contributed by atoms with Crippen LogP contribution in [0.2, 0.25) is 5.15 Å². The highest BCUT2D eigenvalue weighted by molar-refractivity contribution is 6.35. The van der Waals surface area contributed by atoms with Crippen LogP contribution in [0.3, 0.4) is 0 Å². The van der Waals surface area contributed by atoms with E-state index in [-0.39, 0.29) is 55.8 Å². The number of hydrogen-bond donors (Lipinski definition) is 14. The van der Waals surface area contributed by atoms with Crippen molar-refractivity contribution in [3.63, 3.8) is 0 Å². The number of anilines is 2. The van der Waals surface area contributed by atoms with Gasteiger partial charge >= 0.3 is 0 Å². The second-order valence-electron chi connectivity index (χ2n) is 16.4. The van der Waals surface area contributed by atoms with Gasteiger partial charge < -0.3 is 79.6 Å². The monoisotopic (exact) mass is 984 g/mol. The Hall–Kier alpha value is -6.36. The maximum atomic E-state index is 11.7. The summed E-state index contributed by atoms with van der Waals surface area (Å²) in [5.41, 5.74) is 4.97. The number of aliphatic hydroxyl groups is 9. The minimum atomic E-state index is -1.77. The van der Waals surface area contributed by atoms with E-state index in [1.165, 1.54) is 65.7 Å². The number of hydrogen-bond acceptors (Lipinski definition) is 23. The molecule has 0 radical (unpaired) electrons. The van der Waals surface area contributed by atoms with Crippen molar-refractivity contribution >= 4 is 73.6 Å². The van der Waals surface area contributed by atoms with Gasteiger partial charge in [-0.05, 0) is 20.8 Å². The van der Waals surface area contributed by atoms with E-state index in [4.69, 9.17) is 49.9 Å². The molecule has 9 unspecified atom stereocenters. The van der Waals surface area contributed by atoms with Crippen molar-refractivity contribution in [3.05, 3.63) is 71.1 Å². The lowest BCUT2D eigenvalue weighted by molar-refractivity contribution is -0.0948. The van der Waals surface area contributed by atoms with Crippen molar-refractivity contribution in [2.75, 3.05) is 30.8 Å². The summed E-state index contributed by atoms with van der Waals surface area (Å²) in [7, 11) is 0. The lowest BCUT2D eigenvalue weighted by Crippen LogP contribution is -2.44. The quantitative estimate of drug-likeness (QED) is 0.0457. The molecule has 0 spiro atoms. The summed E-state index contributed by atoms with van der Waals surface area (Å²) in [5, 5.41) is 109. The largest absolute Gasteiger partial charge is 0.394 e. The van der Waals surface area contributed by atoms with Crippen molar-refractivity contribution in [3.8, 4) is 0 Å². The van der Waals surface area contributed by atoms with Crippen LogP contribution >= 0.6 is 11.6 Å². The fraction of sp³-hybridized carbons (Fsp3) is 0.462. The number of ether oxygens (including phenoxy) is 3. The number of aliphatic hydroxyl groups excluding tert-OH is 6. The Morgan fingerprint density at radius 2 is 1.00 bits per heavy atom. The van der Waals surface area contributed by atoms with Crippen LogP contribution in [0.1, 0.15) is 49.8 Å². The van der Waals surface area contributed by atoms with Gasteiger partial charge in [0.2, 0.25) is 11.4 Å². The maximum Gasteiger partial charge on any atom is 0.251 e. The van der Waals surface area contributed by atoms with Crippen molar-refractivity contribution in [1.82, 2.24) is 43.6 Å². The summed E-state index contributed by atoms with van der Waals surface area (Å²) >= 11 is 6.02. The van der Waals surface area contributed by atoms with Gasteiger partial charge in [-0.15, -0.1) is 0 Å². The molecule has 6 aromatic heterocycles. The summed E-state index contributed by atoms with van der Waals surface area (Å²) in [6, 6.07) is 0. The molecule has 29 nitrogen and oxygen atoms in total. The van der Waals surface area contributed by atoms with Crippen LogP contribution in [0.4, 0.5) is 23.0 Å². The molecule has 15 N–H and O–H groups in total. The molecule has 0 bridgehead atoms. The summed E-state index contributed by atoms with van der Waals surface area (Å²) in [4.78, 5) is 42.1. The van der Waals surface area contributed by atoms with Gasteiger partial charge in [0.15, 0.2) is 30.3 Å². The van der Waals surface area contributed by atoms with Gasteiger partial charge in [-0.1, -0.05) is 11.6 Å². The second-order valence-corrected chi connectivity index (χ2v) is 16.8. The number of aromatic nitrogens is 9. The van der Waals surface area contributed by atoms with Crippen LogP contribution < -0.4 is 16.7 Å². The number of carbonyl (C=O) groups is 1. The van der Waals surface area contributed by atoms with E-state index in [1.54, 1.807) is 0 Å². The third-order valence-electron chi connectivity index (χ3n) is 12.0. The van der Waals surface area contributed by atoms with E-state index in [2.05, 4.69) is 39.6 Å². The SMILES string of the molecule is C[C@@]1(O)C(O)C(CO)OC1n1cc(C(N)=O)c2c(NO)ncnc21.[C-]#[N+]c1cn(C2OC(CO)C(O)[C@@]2(C)O)c2ncnc(Cl)c12.[C-]#[N+]c1cn(C2OC(CO)C(O)[C@@]2(C)O)c2ncnc(NO)c12. The molecule has 0 aromatic carbocycles. The molecule has 0 aliphatic carbocycles. The van der Waals surface area contributed by atoms with Crippen molar-refractivity contribution in [2.24, 2.45) is 5.73 Å². The average Bonchev–Trinajstić information content (AvgIpc) is 4.15. The number of carbonyl (C=O) groups excluding carboxylic acids is 1. The van der Waals surface area contributed by atoms with Gasteiger partial charge in [0.25, 0.3) is 5.91 Å². The molecule has 3 fully saturated rings. The number of primary amides is 1. The molecule has 12 atom stereocenters. The third-order valence-corrected chi connectivity index (χ3v) is 12.3. The fourth-order valence-corrected chi connectivity index (χ4v) is 8.64. The zero-order valence-electron chi connectivity index (χ0n) is 36.2. The first-order valence-electron chi connectivity index (χ1n) is 20.3. The Balaban J connectivity index is 0.000000153. The third kappa shape index (κ3) is 8.39. The van der Waals surface area contributed by atoms with Crippen LogP contribution in [-0.4, -0.2) is 179 Å². The van der Waals surface area contributed by atoms with E-state index < -0.39 is 97.8 Å². The van der Waals surface area contributed by atoms with E-state index >= 15 is 0 Å². The second kappa shape index (κ2) is 19.2. The molecule has 0 saturated carbocycles. The molecule has 9 heterocycles. The van der Waals surface area contributed by atoms with Crippen LogP contribution in [0, 0.1) is 13.1 Å². The van der Waals surface area contributed by atoms with Gasteiger partial charge in [-0.3, -0.25) is 26.2 Å². The minimum Gasteiger partial charge on any atom is -0.394 e. The molecule has 3 aliphatic heterocycles. The molecule has 1 amide bonds. The average molecular weight is 985 g/mol. The number of nitrogens with one attached hydrogen (secondary N) is 2. The van der Waals surface area contributed by atoms with Gasteiger partial charge in [0.1, 0.15) is 94.5 Å². The standard InChI is InChI=1S/C13H13ClN4O4.C13H17N5O6.C13H15N5O5/c1-13(21)9(20)7(4-19)22-12(13)18-3-6(15-2)8-10(14)16-5-17-11(8)18;1-13(22)8(20)6(3-19)24-12(13)18-2-5(9(14)21)7-10(17-23)15-4-16-11(7)18;1-13(21)9(20)7(4-19)23-12(13)18-3-6(14-2)8-10(17-22)15-5-16-11(8)18/h3,5,7,9,12,19-21H,4H2,1H3;2,4,6,8,12,19-20,22-23H,3H2,1H3,(H2,14,21)(H,15,16,17);3,5,7,9,12,19-22H,4H2,1H3,(H,15,16,17)/t7?,9?,12?,13-;6?,8?,12?,13-;7?,9?,12?,13-/m111/s1. The first-order valence-corrected chi connectivity index (χ1v) is 20.6. The van der Waals surface area contributed by atoms with Crippen molar-refractivity contribution in [2.45, 2.75) is 92.9 Å². The number of nitrogens with zero attached hydrogens (tertiary/aromatic N) is 11. The number of halogens is 1. The van der Waals surface area contributed by atoms with Crippen LogP contribution in [0.5, 0.6) is 0 Å². The zero-order valence-corrected chi connectivity index (χ0v) is 37.0. The summed E-state index contributed by atoms with van der Waals surface area (Å²) in [5.74, 6) is -0.817. The number of amides is 1. The van der Waals surface area contributed by atoms with Gasteiger partial charge in [0, 0.05) is 18.6 Å². The first kappa shape index (κ1) is 50.5. The minimum absolute atomic E-state index is 0.0107. The normalized spacial score (nSPS) is 30.7. The van der Waals surface area contributed by atoms with Gasteiger partial charge in [-0.2, -0.15) is 0 Å². The lowest BCUT2D eigenvalue weighted by Gasteiger charge is -2.27. The molecule has 30 heteroatoms. The van der Waals surface area contributed by atoms with E-state index in [1.807, 2.05) is 11.0 Å². The Kier molecular flexibility index (Phi) is 14.1.